The van der Waals surface area contributed by atoms with Crippen LogP contribution in [0.15, 0.2) is 28.5 Å². The maximum atomic E-state index is 13.5. The molecule has 19 heavy (non-hydrogen) atoms. The Morgan fingerprint density at radius 3 is 2.89 bits per heavy atom. The first kappa shape index (κ1) is 14.4. The summed E-state index contributed by atoms with van der Waals surface area (Å²) in [5.74, 6) is -0.168. The molecule has 2 N–H and O–H groups in total. The van der Waals surface area contributed by atoms with E-state index in [1.165, 1.54) is 23.5 Å². The first-order chi connectivity index (χ1) is 9.10. The largest absolute Gasteiger partial charge is 0.381 e. The Balaban J connectivity index is 2.13. The Kier molecular flexibility index (Phi) is 4.84. The van der Waals surface area contributed by atoms with E-state index in [1.807, 2.05) is 0 Å². The van der Waals surface area contributed by atoms with Crippen LogP contribution in [0.25, 0.3) is 0 Å². The van der Waals surface area contributed by atoms with Gasteiger partial charge in [-0.25, -0.2) is 9.97 Å². The van der Waals surface area contributed by atoms with E-state index in [9.17, 15) is 4.39 Å². The minimum Gasteiger partial charge on any atom is -0.381 e. The summed E-state index contributed by atoms with van der Waals surface area (Å²) in [6.45, 7) is 0. The van der Waals surface area contributed by atoms with Gasteiger partial charge in [-0.1, -0.05) is 23.4 Å². The van der Waals surface area contributed by atoms with Crippen molar-refractivity contribution >= 4 is 40.9 Å². The van der Waals surface area contributed by atoms with Crippen molar-refractivity contribution in [1.82, 2.24) is 15.0 Å². The monoisotopic (exact) mass is 316 g/mol. The molecule has 8 heteroatoms. The predicted octanol–water partition coefficient (Wildman–Crippen LogP) is 3.26. The number of hydrogen-bond donors (Lipinski definition) is 1. The number of aromatic nitrogens is 3. The van der Waals surface area contributed by atoms with E-state index >= 15 is 0 Å². The zero-order valence-electron chi connectivity index (χ0n) is 9.93. The molecule has 0 unspecified atom stereocenters. The van der Waals surface area contributed by atoms with Gasteiger partial charge in [-0.15, -0.1) is 11.8 Å². The smallest absolute Gasteiger partial charge is 0.197 e. The first-order valence-corrected chi connectivity index (χ1v) is 7.79. The van der Waals surface area contributed by atoms with E-state index < -0.39 is 5.82 Å². The first-order valence-electron chi connectivity index (χ1n) is 5.20. The second-order valence-electron chi connectivity index (χ2n) is 3.47. The summed E-state index contributed by atoms with van der Waals surface area (Å²) in [7, 11) is 0. The van der Waals surface area contributed by atoms with E-state index in [2.05, 4.69) is 15.0 Å². The number of nitrogens with two attached hydrogens (primary N) is 1. The second-order valence-corrected chi connectivity index (χ2v) is 5.64. The lowest BCUT2D eigenvalue weighted by Crippen LogP contribution is -2.01. The fraction of sp³-hybridized carbons (Fsp3) is 0.182. The van der Waals surface area contributed by atoms with Crippen LogP contribution in [0.2, 0.25) is 5.02 Å². The quantitative estimate of drug-likeness (QED) is 0.530. The van der Waals surface area contributed by atoms with Crippen molar-refractivity contribution in [2.24, 2.45) is 0 Å². The lowest BCUT2D eigenvalue weighted by atomic mass is 10.4. The molecule has 0 saturated heterocycles. The third-order valence-electron chi connectivity index (χ3n) is 2.15. The lowest BCUT2D eigenvalue weighted by Gasteiger charge is -2.05. The highest BCUT2D eigenvalue weighted by Gasteiger charge is 2.12. The Morgan fingerprint density at radius 1 is 1.42 bits per heavy atom. The number of anilines is 1. The van der Waals surface area contributed by atoms with Gasteiger partial charge >= 0.3 is 0 Å². The second kappa shape index (κ2) is 6.40. The Labute approximate surface area is 123 Å². The zero-order chi connectivity index (χ0) is 13.8. The molecule has 4 nitrogen and oxygen atoms in total. The van der Waals surface area contributed by atoms with Crippen molar-refractivity contribution in [3.63, 3.8) is 0 Å². The fourth-order valence-corrected chi connectivity index (χ4v) is 2.74. The number of pyridine rings is 1. The number of rotatable bonds is 4. The topological polar surface area (TPSA) is 64.7 Å². The molecule has 0 radical (unpaired) electrons. The van der Waals surface area contributed by atoms with Gasteiger partial charge in [0, 0.05) is 17.0 Å². The van der Waals surface area contributed by atoms with Crippen LogP contribution in [0.5, 0.6) is 0 Å². The third-order valence-corrected chi connectivity index (χ3v) is 3.92. The summed E-state index contributed by atoms with van der Waals surface area (Å²) >= 11 is 8.39. The Morgan fingerprint density at radius 2 is 2.21 bits per heavy atom. The van der Waals surface area contributed by atoms with Crippen LogP contribution in [-0.4, -0.2) is 21.2 Å². The van der Waals surface area contributed by atoms with Crippen molar-refractivity contribution in [3.05, 3.63) is 34.9 Å². The van der Waals surface area contributed by atoms with Gasteiger partial charge in [0.05, 0.1) is 5.69 Å². The molecule has 100 valence electrons. The van der Waals surface area contributed by atoms with Crippen molar-refractivity contribution in [2.45, 2.75) is 15.9 Å². The van der Waals surface area contributed by atoms with Crippen molar-refractivity contribution in [1.29, 1.82) is 0 Å². The molecular formula is C11H10ClFN4S2. The molecule has 0 bridgehead atoms. The van der Waals surface area contributed by atoms with Crippen LogP contribution in [0.4, 0.5) is 10.2 Å². The molecule has 0 fully saturated rings. The van der Waals surface area contributed by atoms with Crippen molar-refractivity contribution < 1.29 is 4.39 Å². The van der Waals surface area contributed by atoms with E-state index in [0.29, 0.717) is 15.9 Å². The van der Waals surface area contributed by atoms with Gasteiger partial charge in [0.15, 0.2) is 16.8 Å². The minimum atomic E-state index is -0.572. The molecule has 2 aromatic rings. The molecule has 0 atom stereocenters. The van der Waals surface area contributed by atoms with Gasteiger partial charge in [0.25, 0.3) is 0 Å². The highest BCUT2D eigenvalue weighted by molar-refractivity contribution is 7.99. The van der Waals surface area contributed by atoms with Crippen LogP contribution >= 0.6 is 35.1 Å². The Bertz CT molecular complexity index is 597. The summed E-state index contributed by atoms with van der Waals surface area (Å²) in [4.78, 5) is 12.2. The predicted molar refractivity (Wildman–Crippen MR) is 77.0 cm³/mol. The maximum Gasteiger partial charge on any atom is 0.197 e. The molecule has 2 rings (SSSR count). The van der Waals surface area contributed by atoms with Crippen LogP contribution in [-0.2, 0) is 5.75 Å². The third kappa shape index (κ3) is 3.71. The summed E-state index contributed by atoms with van der Waals surface area (Å²) in [6.07, 6.45) is 3.36. The molecule has 0 aromatic carbocycles. The normalized spacial score (nSPS) is 10.7. The number of halogens is 2. The number of nitrogens with zero attached hydrogens (tertiary/aromatic N) is 3. The average Bonchev–Trinajstić information content (AvgIpc) is 2.40. The fourth-order valence-electron chi connectivity index (χ4n) is 1.29. The molecule has 0 aliphatic heterocycles. The van der Waals surface area contributed by atoms with E-state index in [1.54, 1.807) is 24.6 Å². The molecule has 2 heterocycles. The SMILES string of the molecule is CSc1nc(SCc2cc(Cl)ccn2)nc(N)c1F. The Hall–Kier alpha value is -1.05. The molecule has 0 saturated carbocycles. The van der Waals surface area contributed by atoms with Crippen molar-refractivity contribution in [2.75, 3.05) is 12.0 Å². The van der Waals surface area contributed by atoms with Crippen molar-refractivity contribution in [3.8, 4) is 0 Å². The molecule has 0 spiro atoms. The van der Waals surface area contributed by atoms with Crippen LogP contribution in [0, 0.1) is 5.82 Å². The number of thioether (sulfide) groups is 2. The summed E-state index contributed by atoms with van der Waals surface area (Å²) in [5.41, 5.74) is 6.30. The van der Waals surface area contributed by atoms with Gasteiger partial charge in [-0.3, -0.25) is 4.98 Å². The van der Waals surface area contributed by atoms with E-state index in [4.69, 9.17) is 17.3 Å². The number of hydrogen-bond acceptors (Lipinski definition) is 6. The van der Waals surface area contributed by atoms with E-state index in [0.717, 1.165) is 5.69 Å². The highest BCUT2D eigenvalue weighted by atomic mass is 35.5. The van der Waals surface area contributed by atoms with Gasteiger partial charge in [-0.2, -0.15) is 4.39 Å². The summed E-state index contributed by atoms with van der Waals surface area (Å²) < 4.78 is 13.5. The van der Waals surface area contributed by atoms with Gasteiger partial charge in [-0.05, 0) is 18.4 Å². The van der Waals surface area contributed by atoms with Gasteiger partial charge in [0.2, 0.25) is 0 Å². The molecule has 0 aliphatic carbocycles. The summed E-state index contributed by atoms with van der Waals surface area (Å²) in [6, 6.07) is 3.46. The zero-order valence-corrected chi connectivity index (χ0v) is 12.3. The standard InChI is InChI=1S/C11H10ClFN4S2/c1-18-10-8(13)9(14)16-11(17-10)19-5-7-4-6(12)2-3-15-7/h2-4H,5H2,1H3,(H2,14,16,17). The van der Waals surface area contributed by atoms with E-state index in [-0.39, 0.29) is 10.8 Å². The highest BCUT2D eigenvalue weighted by Crippen LogP contribution is 2.26. The van der Waals surface area contributed by atoms with Crippen LogP contribution in [0.3, 0.4) is 0 Å². The molecule has 0 amide bonds. The molecular weight excluding hydrogens is 307 g/mol. The molecule has 0 aliphatic rings. The van der Waals surface area contributed by atoms with Crippen LogP contribution in [0.1, 0.15) is 5.69 Å². The van der Waals surface area contributed by atoms with Gasteiger partial charge < -0.3 is 5.73 Å². The van der Waals surface area contributed by atoms with Crippen LogP contribution < -0.4 is 5.73 Å². The lowest BCUT2D eigenvalue weighted by molar-refractivity contribution is 0.574. The average molecular weight is 317 g/mol. The minimum absolute atomic E-state index is 0.138. The van der Waals surface area contributed by atoms with Gasteiger partial charge in [0.1, 0.15) is 5.03 Å². The maximum absolute atomic E-state index is 13.5. The number of nitrogen functional groups attached to an aromatic ring is 1. The molecule has 2 aromatic heterocycles. The summed E-state index contributed by atoms with van der Waals surface area (Å²) in [5, 5.41) is 1.29.